The highest BCUT2D eigenvalue weighted by Gasteiger charge is 2.37. The normalized spacial score (nSPS) is 16.8. The molecule has 0 aromatic rings. The highest BCUT2D eigenvalue weighted by molar-refractivity contribution is 6.74. The summed E-state index contributed by atoms with van der Waals surface area (Å²) in [5.74, 6) is 0.159. The van der Waals surface area contributed by atoms with Gasteiger partial charge in [0.05, 0.1) is 6.10 Å². The van der Waals surface area contributed by atoms with Crippen molar-refractivity contribution in [3.8, 4) is 0 Å². The molecule has 0 fully saturated rings. The number of allylic oxidation sites excluding steroid dienone is 1. The summed E-state index contributed by atoms with van der Waals surface area (Å²) in [5.41, 5.74) is 0. The van der Waals surface area contributed by atoms with E-state index in [2.05, 4.69) is 53.8 Å². The Labute approximate surface area is 121 Å². The molecule has 0 amide bonds. The van der Waals surface area contributed by atoms with Crippen molar-refractivity contribution >= 4 is 8.32 Å². The molecule has 0 aliphatic rings. The lowest BCUT2D eigenvalue weighted by Crippen LogP contribution is -2.42. The Hall–Kier alpha value is -0.123. The van der Waals surface area contributed by atoms with E-state index in [1.807, 2.05) is 6.08 Å². The van der Waals surface area contributed by atoms with Gasteiger partial charge < -0.3 is 9.53 Å². The maximum Gasteiger partial charge on any atom is 0.191 e. The molecule has 0 rings (SSSR count). The summed E-state index contributed by atoms with van der Waals surface area (Å²) >= 11 is 0. The number of rotatable bonds is 8. The molecule has 2 nitrogen and oxygen atoms in total. The Kier molecular flexibility index (Phi) is 8.17. The van der Waals surface area contributed by atoms with Crippen LogP contribution in [0.25, 0.3) is 0 Å². The highest BCUT2D eigenvalue weighted by atomic mass is 28.4. The standard InChI is InChI=1S/C16H34O2Si/c1-8-9-10-11-12-15(17)14(2)13-18-19(6,7)16(3,4)5/h11-12,14-15,17H,8-10,13H2,1-7H3/b12-11+/t14-,15+/m1/s1. The molecule has 114 valence electrons. The Morgan fingerprint density at radius 3 is 2.32 bits per heavy atom. The molecule has 1 N–H and O–H groups in total. The lowest BCUT2D eigenvalue weighted by Gasteiger charge is -2.37. The lowest BCUT2D eigenvalue weighted by atomic mass is 10.1. The lowest BCUT2D eigenvalue weighted by molar-refractivity contribution is 0.114. The van der Waals surface area contributed by atoms with Crippen LogP contribution in [0.4, 0.5) is 0 Å². The molecule has 0 heterocycles. The van der Waals surface area contributed by atoms with Crippen LogP contribution < -0.4 is 0 Å². The van der Waals surface area contributed by atoms with Gasteiger partial charge in [0.25, 0.3) is 0 Å². The van der Waals surface area contributed by atoms with Gasteiger partial charge in [-0.25, -0.2) is 0 Å². The third kappa shape index (κ3) is 7.28. The Bertz CT molecular complexity index is 266. The first-order chi connectivity index (χ1) is 8.62. The summed E-state index contributed by atoms with van der Waals surface area (Å²) in [4.78, 5) is 0. The Balaban J connectivity index is 4.17. The van der Waals surface area contributed by atoms with E-state index in [9.17, 15) is 5.11 Å². The van der Waals surface area contributed by atoms with E-state index in [-0.39, 0.29) is 17.1 Å². The Morgan fingerprint density at radius 1 is 1.26 bits per heavy atom. The minimum atomic E-state index is -1.69. The van der Waals surface area contributed by atoms with Crippen LogP contribution in [0.3, 0.4) is 0 Å². The first-order valence-electron chi connectivity index (χ1n) is 7.60. The molecule has 0 saturated carbocycles. The minimum Gasteiger partial charge on any atom is -0.416 e. The average molecular weight is 287 g/mol. The molecular formula is C16H34O2Si. The molecule has 0 aliphatic carbocycles. The molecule has 19 heavy (non-hydrogen) atoms. The van der Waals surface area contributed by atoms with Gasteiger partial charge in [0.2, 0.25) is 0 Å². The van der Waals surface area contributed by atoms with E-state index in [4.69, 9.17) is 4.43 Å². The fourth-order valence-corrected chi connectivity index (χ4v) is 2.51. The topological polar surface area (TPSA) is 29.5 Å². The first kappa shape index (κ1) is 18.9. The van der Waals surface area contributed by atoms with E-state index in [0.29, 0.717) is 6.61 Å². The molecule has 0 unspecified atom stereocenters. The van der Waals surface area contributed by atoms with Gasteiger partial charge in [-0.15, -0.1) is 0 Å². The van der Waals surface area contributed by atoms with Crippen molar-refractivity contribution in [1.82, 2.24) is 0 Å². The van der Waals surface area contributed by atoms with Crippen molar-refractivity contribution in [3.05, 3.63) is 12.2 Å². The second-order valence-corrected chi connectivity index (χ2v) is 11.9. The molecular weight excluding hydrogens is 252 g/mol. The Morgan fingerprint density at radius 2 is 1.84 bits per heavy atom. The smallest absolute Gasteiger partial charge is 0.191 e. The largest absolute Gasteiger partial charge is 0.416 e. The summed E-state index contributed by atoms with van der Waals surface area (Å²) in [6, 6.07) is 0. The molecule has 3 heteroatoms. The second kappa shape index (κ2) is 8.23. The molecule has 0 saturated heterocycles. The van der Waals surface area contributed by atoms with Gasteiger partial charge in [-0.1, -0.05) is 59.6 Å². The van der Waals surface area contributed by atoms with Crippen LogP contribution in [0, 0.1) is 5.92 Å². The van der Waals surface area contributed by atoms with Crippen LogP contribution >= 0.6 is 0 Å². The monoisotopic (exact) mass is 286 g/mol. The summed E-state index contributed by atoms with van der Waals surface area (Å²) in [7, 11) is -1.69. The van der Waals surface area contributed by atoms with Gasteiger partial charge in [-0.3, -0.25) is 0 Å². The zero-order valence-corrected chi connectivity index (χ0v) is 15.0. The zero-order valence-electron chi connectivity index (χ0n) is 14.0. The number of unbranched alkanes of at least 4 members (excludes halogenated alkanes) is 2. The van der Waals surface area contributed by atoms with E-state index in [0.717, 1.165) is 6.42 Å². The van der Waals surface area contributed by atoms with Crippen LogP contribution in [0.15, 0.2) is 12.2 Å². The average Bonchev–Trinajstić information content (AvgIpc) is 2.30. The van der Waals surface area contributed by atoms with Crippen LogP contribution in [0.5, 0.6) is 0 Å². The van der Waals surface area contributed by atoms with Crippen LogP contribution in [-0.2, 0) is 4.43 Å². The van der Waals surface area contributed by atoms with Crippen molar-refractivity contribution in [1.29, 1.82) is 0 Å². The number of hydrogen-bond acceptors (Lipinski definition) is 2. The van der Waals surface area contributed by atoms with Gasteiger partial charge in [0, 0.05) is 12.5 Å². The van der Waals surface area contributed by atoms with E-state index in [1.165, 1.54) is 12.8 Å². The number of hydrogen-bond donors (Lipinski definition) is 1. The maximum absolute atomic E-state index is 10.1. The maximum atomic E-state index is 10.1. The number of aliphatic hydroxyl groups is 1. The fraction of sp³-hybridized carbons (Fsp3) is 0.875. The molecule has 0 bridgehead atoms. The molecule has 0 spiro atoms. The van der Waals surface area contributed by atoms with Gasteiger partial charge in [-0.2, -0.15) is 0 Å². The third-order valence-electron chi connectivity index (χ3n) is 4.15. The van der Waals surface area contributed by atoms with Crippen molar-refractivity contribution in [2.24, 2.45) is 5.92 Å². The zero-order chi connectivity index (χ0) is 15.1. The quantitative estimate of drug-likeness (QED) is 0.396. The predicted octanol–water partition coefficient (Wildman–Crippen LogP) is 4.75. The van der Waals surface area contributed by atoms with Gasteiger partial charge in [0.15, 0.2) is 8.32 Å². The van der Waals surface area contributed by atoms with Gasteiger partial charge >= 0.3 is 0 Å². The van der Waals surface area contributed by atoms with Crippen molar-refractivity contribution in [3.63, 3.8) is 0 Å². The molecule has 0 aliphatic heterocycles. The van der Waals surface area contributed by atoms with Crippen LogP contribution in [-0.4, -0.2) is 26.1 Å². The SMILES string of the molecule is CCCC/C=C/[C@H](O)[C@H](C)CO[Si](C)(C)C(C)(C)C. The molecule has 0 radical (unpaired) electrons. The van der Waals surface area contributed by atoms with Crippen LogP contribution in [0.1, 0.15) is 53.9 Å². The molecule has 0 aromatic heterocycles. The van der Waals surface area contributed by atoms with Crippen molar-refractivity contribution in [2.75, 3.05) is 6.61 Å². The van der Waals surface area contributed by atoms with Crippen molar-refractivity contribution < 1.29 is 9.53 Å². The summed E-state index contributed by atoms with van der Waals surface area (Å²) in [6.07, 6.45) is 7.08. The summed E-state index contributed by atoms with van der Waals surface area (Å²) in [6.45, 7) is 16.1. The summed E-state index contributed by atoms with van der Waals surface area (Å²) in [5, 5.41) is 10.3. The van der Waals surface area contributed by atoms with Gasteiger partial charge in [0.1, 0.15) is 0 Å². The number of aliphatic hydroxyl groups excluding tert-OH is 1. The summed E-state index contributed by atoms with van der Waals surface area (Å²) < 4.78 is 6.15. The van der Waals surface area contributed by atoms with E-state index < -0.39 is 8.32 Å². The fourth-order valence-electron chi connectivity index (χ4n) is 1.40. The second-order valence-electron chi connectivity index (χ2n) is 7.11. The van der Waals surface area contributed by atoms with E-state index in [1.54, 1.807) is 0 Å². The van der Waals surface area contributed by atoms with Crippen molar-refractivity contribution in [2.45, 2.75) is 78.1 Å². The minimum absolute atomic E-state index is 0.159. The third-order valence-corrected chi connectivity index (χ3v) is 8.65. The van der Waals surface area contributed by atoms with E-state index >= 15 is 0 Å². The molecule has 0 aromatic carbocycles. The highest BCUT2D eigenvalue weighted by Crippen LogP contribution is 2.36. The molecule has 2 atom stereocenters. The van der Waals surface area contributed by atoms with Gasteiger partial charge in [-0.05, 0) is 24.6 Å². The first-order valence-corrected chi connectivity index (χ1v) is 10.5. The van der Waals surface area contributed by atoms with Crippen LogP contribution in [0.2, 0.25) is 18.1 Å². The predicted molar refractivity (Wildman–Crippen MR) is 87.0 cm³/mol.